The Balaban J connectivity index is 1.72. The Morgan fingerprint density at radius 2 is 1.72 bits per heavy atom. The molecule has 0 bridgehead atoms. The number of carbonyl (C=O) groups excluding carboxylic acids is 1. The van der Waals surface area contributed by atoms with Crippen LogP contribution in [0, 0.1) is 0 Å². The number of aromatic nitrogens is 2. The summed E-state index contributed by atoms with van der Waals surface area (Å²) in [6, 6.07) is 9.92. The third-order valence-corrected chi connectivity index (χ3v) is 4.30. The van der Waals surface area contributed by atoms with Crippen molar-refractivity contribution in [2.45, 2.75) is 26.3 Å². The summed E-state index contributed by atoms with van der Waals surface area (Å²) in [7, 11) is 0. The van der Waals surface area contributed by atoms with Crippen LogP contribution in [-0.4, -0.2) is 52.6 Å². The summed E-state index contributed by atoms with van der Waals surface area (Å²) in [6.07, 6.45) is 5.14. The lowest BCUT2D eigenvalue weighted by molar-refractivity contribution is 0.195. The van der Waals surface area contributed by atoms with Gasteiger partial charge in [-0.15, -0.1) is 0 Å². The normalized spacial score (nSPS) is 15.2. The highest BCUT2D eigenvalue weighted by Gasteiger charge is 2.33. The van der Waals surface area contributed by atoms with Crippen molar-refractivity contribution in [2.24, 2.45) is 0 Å². The van der Waals surface area contributed by atoms with Crippen molar-refractivity contribution in [3.8, 4) is 0 Å². The lowest BCUT2D eigenvalue weighted by Crippen LogP contribution is -2.57. The minimum Gasteiger partial charge on any atom is -0.352 e. The summed E-state index contributed by atoms with van der Waals surface area (Å²) in [6.45, 7) is 9.06. The van der Waals surface area contributed by atoms with E-state index in [9.17, 15) is 4.79 Å². The molecular formula is C19H25N5O. The van der Waals surface area contributed by atoms with Gasteiger partial charge < -0.3 is 9.80 Å². The van der Waals surface area contributed by atoms with Gasteiger partial charge in [-0.25, -0.2) is 9.78 Å². The SMILES string of the molecule is CC(C)(C)N(C(=O)N1CCN(c2cnccn2)CC1)c1ccccc1. The van der Waals surface area contributed by atoms with Crippen LogP contribution < -0.4 is 9.80 Å². The molecule has 1 aliphatic heterocycles. The van der Waals surface area contributed by atoms with Gasteiger partial charge in [0.15, 0.2) is 0 Å². The number of nitrogens with zero attached hydrogens (tertiary/aromatic N) is 5. The average molecular weight is 339 g/mol. The van der Waals surface area contributed by atoms with Crippen LogP contribution in [0.2, 0.25) is 0 Å². The molecule has 2 amide bonds. The smallest absolute Gasteiger partial charge is 0.325 e. The van der Waals surface area contributed by atoms with Crippen molar-refractivity contribution in [2.75, 3.05) is 36.0 Å². The van der Waals surface area contributed by atoms with Crippen LogP contribution in [-0.2, 0) is 0 Å². The summed E-state index contributed by atoms with van der Waals surface area (Å²) in [4.78, 5) is 27.6. The molecule has 0 radical (unpaired) electrons. The monoisotopic (exact) mass is 339 g/mol. The fraction of sp³-hybridized carbons (Fsp3) is 0.421. The van der Waals surface area contributed by atoms with Crippen LogP contribution in [0.25, 0.3) is 0 Å². The Labute approximate surface area is 149 Å². The molecule has 6 nitrogen and oxygen atoms in total. The number of piperazine rings is 1. The number of para-hydroxylation sites is 1. The van der Waals surface area contributed by atoms with Gasteiger partial charge in [0.25, 0.3) is 0 Å². The highest BCUT2D eigenvalue weighted by atomic mass is 16.2. The molecule has 0 unspecified atom stereocenters. The van der Waals surface area contributed by atoms with Crippen LogP contribution in [0.3, 0.4) is 0 Å². The quantitative estimate of drug-likeness (QED) is 0.844. The molecule has 6 heteroatoms. The molecule has 3 rings (SSSR count). The van der Waals surface area contributed by atoms with Gasteiger partial charge in [0.05, 0.1) is 6.20 Å². The Morgan fingerprint density at radius 1 is 1.04 bits per heavy atom. The fourth-order valence-electron chi connectivity index (χ4n) is 3.08. The molecule has 1 aliphatic rings. The zero-order chi connectivity index (χ0) is 17.9. The number of urea groups is 1. The van der Waals surface area contributed by atoms with Crippen molar-refractivity contribution in [1.29, 1.82) is 0 Å². The molecule has 25 heavy (non-hydrogen) atoms. The van der Waals surface area contributed by atoms with Crippen LogP contribution in [0.15, 0.2) is 48.9 Å². The summed E-state index contributed by atoms with van der Waals surface area (Å²) < 4.78 is 0. The zero-order valence-electron chi connectivity index (χ0n) is 15.1. The number of amides is 2. The molecule has 0 spiro atoms. The van der Waals surface area contributed by atoms with E-state index in [-0.39, 0.29) is 11.6 Å². The molecule has 0 atom stereocenters. The standard InChI is InChI=1S/C19H25N5O/c1-19(2,3)24(16-7-5-4-6-8-16)18(25)23-13-11-22(12-14-23)17-15-20-9-10-21-17/h4-10,15H,11-14H2,1-3H3. The van der Waals surface area contributed by atoms with Crippen molar-refractivity contribution < 1.29 is 4.79 Å². The minimum absolute atomic E-state index is 0.0532. The van der Waals surface area contributed by atoms with E-state index in [0.29, 0.717) is 13.1 Å². The molecule has 2 aromatic rings. The lowest BCUT2D eigenvalue weighted by atomic mass is 10.0. The summed E-state index contributed by atoms with van der Waals surface area (Å²) >= 11 is 0. The van der Waals surface area contributed by atoms with E-state index in [1.54, 1.807) is 18.6 Å². The number of rotatable bonds is 2. The summed E-state index contributed by atoms with van der Waals surface area (Å²) in [5.74, 6) is 0.866. The third-order valence-electron chi connectivity index (χ3n) is 4.30. The number of hydrogen-bond acceptors (Lipinski definition) is 4. The first-order chi connectivity index (χ1) is 12.0. The molecule has 1 aromatic heterocycles. The van der Waals surface area contributed by atoms with E-state index < -0.39 is 0 Å². The van der Waals surface area contributed by atoms with E-state index in [2.05, 4.69) is 35.6 Å². The van der Waals surface area contributed by atoms with E-state index in [0.717, 1.165) is 24.6 Å². The van der Waals surface area contributed by atoms with Gasteiger partial charge in [-0.3, -0.25) is 9.88 Å². The number of hydrogen-bond donors (Lipinski definition) is 0. The highest BCUT2D eigenvalue weighted by molar-refractivity contribution is 5.93. The lowest BCUT2D eigenvalue weighted by Gasteiger charge is -2.42. The van der Waals surface area contributed by atoms with E-state index in [4.69, 9.17) is 0 Å². The number of carbonyl (C=O) groups is 1. The van der Waals surface area contributed by atoms with E-state index in [1.165, 1.54) is 0 Å². The molecule has 0 saturated carbocycles. The van der Waals surface area contributed by atoms with Crippen LogP contribution >= 0.6 is 0 Å². The molecule has 0 aliphatic carbocycles. The topological polar surface area (TPSA) is 52.6 Å². The second kappa shape index (κ2) is 7.09. The maximum absolute atomic E-state index is 13.2. The maximum atomic E-state index is 13.2. The largest absolute Gasteiger partial charge is 0.352 e. The van der Waals surface area contributed by atoms with Crippen LogP contribution in [0.1, 0.15) is 20.8 Å². The van der Waals surface area contributed by atoms with Gasteiger partial charge in [-0.1, -0.05) is 18.2 Å². The van der Waals surface area contributed by atoms with Crippen molar-refractivity contribution in [3.63, 3.8) is 0 Å². The minimum atomic E-state index is -0.291. The van der Waals surface area contributed by atoms with Gasteiger partial charge in [0.1, 0.15) is 5.82 Å². The molecule has 1 saturated heterocycles. The number of anilines is 2. The first-order valence-corrected chi connectivity index (χ1v) is 8.62. The Morgan fingerprint density at radius 3 is 2.28 bits per heavy atom. The van der Waals surface area contributed by atoms with Crippen molar-refractivity contribution in [3.05, 3.63) is 48.9 Å². The van der Waals surface area contributed by atoms with Crippen molar-refractivity contribution in [1.82, 2.24) is 14.9 Å². The van der Waals surface area contributed by atoms with Gasteiger partial charge >= 0.3 is 6.03 Å². The highest BCUT2D eigenvalue weighted by Crippen LogP contribution is 2.26. The van der Waals surface area contributed by atoms with Gasteiger partial charge in [0.2, 0.25) is 0 Å². The molecular weight excluding hydrogens is 314 g/mol. The summed E-state index contributed by atoms with van der Waals surface area (Å²) in [5, 5.41) is 0. The number of benzene rings is 1. The van der Waals surface area contributed by atoms with E-state index >= 15 is 0 Å². The Bertz CT molecular complexity index is 691. The molecule has 1 aromatic carbocycles. The van der Waals surface area contributed by atoms with Gasteiger partial charge in [0, 0.05) is 49.8 Å². The third kappa shape index (κ3) is 3.90. The molecule has 1 fully saturated rings. The predicted octanol–water partition coefficient (Wildman–Crippen LogP) is 3.02. The fourth-order valence-corrected chi connectivity index (χ4v) is 3.08. The van der Waals surface area contributed by atoms with Crippen molar-refractivity contribution >= 4 is 17.5 Å². The second-order valence-corrected chi connectivity index (χ2v) is 7.16. The maximum Gasteiger partial charge on any atom is 0.325 e. The van der Waals surface area contributed by atoms with Crippen LogP contribution in [0.5, 0.6) is 0 Å². The predicted molar refractivity (Wildman–Crippen MR) is 99.9 cm³/mol. The first-order valence-electron chi connectivity index (χ1n) is 8.62. The average Bonchev–Trinajstić information content (AvgIpc) is 2.62. The van der Waals surface area contributed by atoms with E-state index in [1.807, 2.05) is 40.1 Å². The molecule has 0 N–H and O–H groups in total. The van der Waals surface area contributed by atoms with Gasteiger partial charge in [-0.2, -0.15) is 0 Å². The Hall–Kier alpha value is -2.63. The molecule has 132 valence electrons. The second-order valence-electron chi connectivity index (χ2n) is 7.16. The summed E-state index contributed by atoms with van der Waals surface area (Å²) in [5.41, 5.74) is 0.636. The Kier molecular flexibility index (Phi) is 4.88. The first kappa shape index (κ1) is 17.2. The molecule has 2 heterocycles. The zero-order valence-corrected chi connectivity index (χ0v) is 15.1. The van der Waals surface area contributed by atoms with Gasteiger partial charge in [-0.05, 0) is 32.9 Å². The van der Waals surface area contributed by atoms with Crippen LogP contribution in [0.4, 0.5) is 16.3 Å².